The fourth-order valence-electron chi connectivity index (χ4n) is 1.68. The van der Waals surface area contributed by atoms with Gasteiger partial charge in [-0.25, -0.2) is 0 Å². The molecule has 2 aromatic rings. The molecule has 0 aliphatic rings. The number of carbonyl (C=O) groups is 1. The van der Waals surface area contributed by atoms with Crippen molar-refractivity contribution in [1.82, 2.24) is 4.98 Å². The Bertz CT molecular complexity index is 741. The van der Waals surface area contributed by atoms with Gasteiger partial charge in [0.1, 0.15) is 0 Å². The van der Waals surface area contributed by atoms with Crippen molar-refractivity contribution in [1.29, 1.82) is 0 Å². The first-order valence-electron chi connectivity index (χ1n) is 5.65. The van der Waals surface area contributed by atoms with E-state index in [1.54, 1.807) is 0 Å². The first-order valence-corrected chi connectivity index (χ1v) is 8.27. The summed E-state index contributed by atoms with van der Waals surface area (Å²) in [6.45, 7) is 0. The summed E-state index contributed by atoms with van der Waals surface area (Å²) in [6.07, 6.45) is 0. The summed E-state index contributed by atoms with van der Waals surface area (Å²) in [7, 11) is 1.19. The Balaban J connectivity index is 2.71. The summed E-state index contributed by atoms with van der Waals surface area (Å²) in [5.41, 5.74) is 5.39. The molecule has 0 aliphatic carbocycles. The number of pyridine rings is 1. The van der Waals surface area contributed by atoms with Crippen LogP contribution in [-0.4, -0.2) is 43.8 Å². The zero-order chi connectivity index (χ0) is 15.7. The first kappa shape index (κ1) is 16.1. The topological polar surface area (TPSA) is 65.2 Å². The Morgan fingerprint density at radius 3 is 2.67 bits per heavy atom. The second kappa shape index (κ2) is 6.22. The van der Waals surface area contributed by atoms with Gasteiger partial charge in [-0.1, -0.05) is 0 Å². The van der Waals surface area contributed by atoms with Gasteiger partial charge in [0.25, 0.3) is 0 Å². The van der Waals surface area contributed by atoms with Gasteiger partial charge in [-0.15, -0.1) is 0 Å². The molecule has 4 nitrogen and oxygen atoms in total. The van der Waals surface area contributed by atoms with Crippen LogP contribution in [0.15, 0.2) is 18.2 Å². The van der Waals surface area contributed by atoms with Crippen molar-refractivity contribution < 1.29 is 18.3 Å². The number of nitrogen functional groups attached to an aromatic ring is 1. The van der Waals surface area contributed by atoms with Crippen LogP contribution in [0.5, 0.6) is 0 Å². The van der Waals surface area contributed by atoms with Crippen LogP contribution in [0.25, 0.3) is 11.3 Å². The number of hydrogen-bond acceptors (Lipinski definition) is 4. The minimum atomic E-state index is -0.790. The molecule has 0 unspecified atom stereocenters. The monoisotopic (exact) mass is 502 g/mol. The molecular weight excluding hydrogens is 494 g/mol. The second-order valence-electron chi connectivity index (χ2n) is 4.07. The number of halogens is 3. The van der Waals surface area contributed by atoms with Gasteiger partial charge in [0.05, 0.1) is 0 Å². The normalized spacial score (nSPS) is 10.4. The molecule has 0 atom stereocenters. The van der Waals surface area contributed by atoms with Crippen molar-refractivity contribution in [2.75, 3.05) is 12.8 Å². The molecule has 0 aliphatic heterocycles. The van der Waals surface area contributed by atoms with Gasteiger partial charge in [-0.3, -0.25) is 0 Å². The van der Waals surface area contributed by atoms with Crippen LogP contribution in [0.1, 0.15) is 10.5 Å². The summed E-state index contributed by atoms with van der Waals surface area (Å²) < 4.78 is 32.7. The molecule has 0 radical (unpaired) electrons. The zero-order valence-electron chi connectivity index (χ0n) is 10.8. The van der Waals surface area contributed by atoms with E-state index in [-0.39, 0.29) is 53.4 Å². The predicted octanol–water partition coefficient (Wildman–Crippen LogP) is 1.84. The second-order valence-corrected chi connectivity index (χ2v) is 6.72. The van der Waals surface area contributed by atoms with Gasteiger partial charge in [0.2, 0.25) is 0 Å². The van der Waals surface area contributed by atoms with Crippen molar-refractivity contribution in [3.8, 4) is 11.3 Å². The number of aromatic nitrogens is 1. The Kier molecular flexibility index (Phi) is 4.77. The molecule has 1 heterocycles. The Morgan fingerprint density at radius 1 is 1.43 bits per heavy atom. The van der Waals surface area contributed by atoms with E-state index in [1.807, 2.05) is 0 Å². The summed E-state index contributed by atoms with van der Waals surface area (Å²) in [5.74, 6) is -2.22. The molecule has 0 spiro atoms. The summed E-state index contributed by atoms with van der Waals surface area (Å²) in [4.78, 5) is 15.6. The summed E-state index contributed by atoms with van der Waals surface area (Å²) in [6, 6.07) is 3.70. The molecule has 2 N–H and O–H groups in total. The number of methoxy groups -OCH3 is 1. The van der Waals surface area contributed by atoms with E-state index in [1.165, 1.54) is 19.2 Å². The van der Waals surface area contributed by atoms with Gasteiger partial charge in [0, 0.05) is 0 Å². The average molecular weight is 502 g/mol. The number of nitrogens with zero attached hydrogens (tertiary/aromatic N) is 1. The van der Waals surface area contributed by atoms with E-state index in [2.05, 4.69) is 9.72 Å². The quantitative estimate of drug-likeness (QED) is 0.504. The number of hydrogen-bond donors (Lipinski definition) is 1. The van der Waals surface area contributed by atoms with Gasteiger partial charge >= 0.3 is 140 Å². The fourth-order valence-corrected chi connectivity index (χ4v) is 3.00. The van der Waals surface area contributed by atoms with Crippen LogP contribution < -0.4 is 8.86 Å². The molecule has 1 aromatic carbocycles. The van der Waals surface area contributed by atoms with E-state index in [4.69, 9.17) is 17.3 Å². The Morgan fingerprint density at radius 2 is 2.10 bits per heavy atom. The maximum absolute atomic E-state index is 14.3. The third-order valence-corrected chi connectivity index (χ3v) is 5.36. The van der Waals surface area contributed by atoms with E-state index < -0.39 is 17.6 Å². The van der Waals surface area contributed by atoms with Gasteiger partial charge in [-0.05, 0) is 0 Å². The van der Waals surface area contributed by atoms with Crippen molar-refractivity contribution in [3.63, 3.8) is 0 Å². The molecule has 0 saturated heterocycles. The average Bonchev–Trinajstić information content (AvgIpc) is 2.47. The van der Waals surface area contributed by atoms with E-state index in [0.717, 1.165) is 6.07 Å². The predicted molar refractivity (Wildman–Crippen MR) is 75.7 cm³/mol. The minimum absolute atomic E-state index is 0.0493. The molecule has 8 heteroatoms. The van der Waals surface area contributed by atoms with Crippen LogP contribution in [0, 0.1) is 11.6 Å². The molecule has 1 aromatic heterocycles. The SMILES string of the molecule is COC(=O)c1nc(-c2ccc(Cl)c(F)c2)c(F)c(N)[c]1[Tl]. The number of carbonyl (C=O) groups excluding carboxylic acids is 1. The number of ether oxygens (including phenoxy) is 1. The number of anilines is 1. The van der Waals surface area contributed by atoms with E-state index in [9.17, 15) is 13.6 Å². The summed E-state index contributed by atoms with van der Waals surface area (Å²) >= 11 is 5.67. The van der Waals surface area contributed by atoms with Crippen molar-refractivity contribution >= 4 is 52.1 Å². The van der Waals surface area contributed by atoms with Crippen LogP contribution in [-0.2, 0) is 4.74 Å². The van der Waals surface area contributed by atoms with Crippen molar-refractivity contribution in [2.45, 2.75) is 0 Å². The molecule has 0 bridgehead atoms. The Hall–Kier alpha value is -1.29. The molecule has 106 valence electrons. The number of esters is 1. The molecule has 0 amide bonds. The molecule has 0 saturated carbocycles. The summed E-state index contributed by atoms with van der Waals surface area (Å²) in [5, 5.41) is -0.0960. The van der Waals surface area contributed by atoms with Gasteiger partial charge < -0.3 is 0 Å². The molecule has 0 fully saturated rings. The Labute approximate surface area is 139 Å². The van der Waals surface area contributed by atoms with Crippen LogP contribution in [0.2, 0.25) is 5.02 Å². The number of benzene rings is 1. The van der Waals surface area contributed by atoms with Crippen LogP contribution >= 0.6 is 11.6 Å². The zero-order valence-corrected chi connectivity index (χ0v) is 16.0. The third-order valence-electron chi connectivity index (χ3n) is 2.79. The molecule has 21 heavy (non-hydrogen) atoms. The standard InChI is InChI=1S/C13H8ClF2N2O2.Tl/c1-20-13(19)10-5-9(17)11(16)12(18-10)6-2-3-7(14)8(15)4-6;/h2-4H,1H3,(H2,17,18);. The number of nitrogens with two attached hydrogens (primary N) is 1. The van der Waals surface area contributed by atoms with Gasteiger partial charge in [0.15, 0.2) is 0 Å². The van der Waals surface area contributed by atoms with Crippen LogP contribution in [0.3, 0.4) is 0 Å². The maximum atomic E-state index is 14.3. The fraction of sp³-hybridized carbons (Fsp3) is 0.0769. The first-order chi connectivity index (χ1) is 9.86. The van der Waals surface area contributed by atoms with Gasteiger partial charge in [-0.2, -0.15) is 0 Å². The molecule has 2 rings (SSSR count). The van der Waals surface area contributed by atoms with Crippen molar-refractivity contribution in [2.24, 2.45) is 0 Å². The third kappa shape index (κ3) is 3.00. The van der Waals surface area contributed by atoms with Crippen LogP contribution in [0.4, 0.5) is 14.5 Å². The van der Waals surface area contributed by atoms with E-state index in [0.29, 0.717) is 3.12 Å². The van der Waals surface area contributed by atoms with Crippen molar-refractivity contribution in [3.05, 3.63) is 40.6 Å². The molecular formula is C13H8ClF2N2O2Tl. The number of rotatable bonds is 2. The van der Waals surface area contributed by atoms with E-state index >= 15 is 0 Å².